The molecular formula is C6H6F8NaO8S2+. The minimum atomic E-state index is -7.54. The molecule has 0 radical (unpaired) electrons. The summed E-state index contributed by atoms with van der Waals surface area (Å²) in [6.07, 6.45) is 0. The van der Waals surface area contributed by atoms with Crippen LogP contribution in [0.15, 0.2) is 0 Å². The maximum Gasteiger partial charge on any atom is 1.00 e. The Balaban J connectivity index is 0. The minimum Gasteiger partial charge on any atom is -0.370 e. The summed E-state index contributed by atoms with van der Waals surface area (Å²) in [7, 11) is -13.2. The topological polar surface area (TPSA) is 149 Å². The number of rotatable bonds is 7. The molecule has 0 heterocycles. The summed E-state index contributed by atoms with van der Waals surface area (Å²) in [5.41, 5.74) is -10.0. The fraction of sp³-hybridized carbons (Fsp3) is 1.00. The van der Waals surface area contributed by atoms with E-state index in [1.54, 1.807) is 0 Å². The average molecular weight is 445 g/mol. The number of aliphatic hydroxyl groups excluding tert-OH is 2. The van der Waals surface area contributed by atoms with Gasteiger partial charge in [-0.05, 0) is 0 Å². The van der Waals surface area contributed by atoms with Crippen LogP contribution in [0.2, 0.25) is 0 Å². The maximum atomic E-state index is 13.1. The molecule has 0 bridgehead atoms. The van der Waals surface area contributed by atoms with Crippen molar-refractivity contribution < 1.29 is 101 Å². The second kappa shape index (κ2) is 7.30. The zero-order valence-corrected chi connectivity index (χ0v) is 15.0. The first-order valence-electron chi connectivity index (χ1n) is 4.86. The van der Waals surface area contributed by atoms with Crippen LogP contribution in [0.5, 0.6) is 0 Å². The van der Waals surface area contributed by atoms with E-state index in [2.05, 4.69) is 0 Å². The third kappa shape index (κ3) is 4.54. The van der Waals surface area contributed by atoms with Crippen molar-refractivity contribution in [3.05, 3.63) is 0 Å². The summed E-state index contributed by atoms with van der Waals surface area (Å²) in [5.74, 6) is -29.1. The molecule has 4 N–H and O–H groups in total. The summed E-state index contributed by atoms with van der Waals surface area (Å²) in [5, 5.41) is 16.6. The number of halogens is 8. The summed E-state index contributed by atoms with van der Waals surface area (Å²) in [6, 6.07) is 0. The van der Waals surface area contributed by atoms with Crippen molar-refractivity contribution in [3.8, 4) is 0 Å². The van der Waals surface area contributed by atoms with E-state index in [0.29, 0.717) is 0 Å². The molecule has 0 aromatic heterocycles. The van der Waals surface area contributed by atoms with Gasteiger partial charge in [-0.3, -0.25) is 9.11 Å². The molecule has 0 aliphatic carbocycles. The second-order valence-corrected chi connectivity index (χ2v) is 7.08. The van der Waals surface area contributed by atoms with Gasteiger partial charge in [0.2, 0.25) is 0 Å². The molecule has 2 atom stereocenters. The molecule has 0 saturated carbocycles. The van der Waals surface area contributed by atoms with E-state index in [4.69, 9.17) is 19.3 Å². The maximum absolute atomic E-state index is 13.1. The van der Waals surface area contributed by atoms with E-state index < -0.39 is 54.8 Å². The fourth-order valence-electron chi connectivity index (χ4n) is 1.10. The Morgan fingerprint density at radius 3 is 0.880 bits per heavy atom. The molecule has 19 heteroatoms. The van der Waals surface area contributed by atoms with Crippen LogP contribution in [0.25, 0.3) is 0 Å². The van der Waals surface area contributed by atoms with Gasteiger partial charge in [-0.25, -0.2) is 0 Å². The van der Waals surface area contributed by atoms with Gasteiger partial charge in [0.05, 0.1) is 0 Å². The first-order valence-corrected chi connectivity index (χ1v) is 7.87. The van der Waals surface area contributed by atoms with E-state index in [-0.39, 0.29) is 29.6 Å². The Hall–Kier alpha value is 0.180. The molecule has 146 valence electrons. The molecule has 0 fully saturated rings. The van der Waals surface area contributed by atoms with Gasteiger partial charge >= 0.3 is 53.2 Å². The van der Waals surface area contributed by atoms with Crippen molar-refractivity contribution in [3.63, 3.8) is 0 Å². The summed E-state index contributed by atoms with van der Waals surface area (Å²) in [4.78, 5) is 0. The van der Waals surface area contributed by atoms with Crippen LogP contribution in [0.1, 0.15) is 0 Å². The summed E-state index contributed by atoms with van der Waals surface area (Å²) >= 11 is 0. The molecule has 0 spiro atoms. The SMILES string of the molecule is O=S(=O)(O)C(O)C(F)(F)C(F)(F)C(F)(F)C(F)(F)C(O)S(=O)(=O)O.[Na+]. The van der Waals surface area contributed by atoms with E-state index >= 15 is 0 Å². The van der Waals surface area contributed by atoms with Crippen molar-refractivity contribution >= 4 is 20.2 Å². The standard InChI is InChI=1S/C6H6F8O8S2.Na/c7-3(8,1(15)23(17,18)19)5(11,12)6(13,14)4(9,10)2(16)24(20,21)22;/h1-2,15-16H,(H,17,18,19)(H,20,21,22);/q;+1. The Kier molecular flexibility index (Phi) is 8.00. The molecular weight excluding hydrogens is 439 g/mol. The van der Waals surface area contributed by atoms with Crippen molar-refractivity contribution in [2.24, 2.45) is 0 Å². The van der Waals surface area contributed by atoms with E-state index in [1.807, 2.05) is 0 Å². The molecule has 0 aromatic carbocycles. The van der Waals surface area contributed by atoms with Crippen LogP contribution in [0.4, 0.5) is 35.1 Å². The molecule has 0 saturated heterocycles. The van der Waals surface area contributed by atoms with Gasteiger partial charge in [0.15, 0.2) is 0 Å². The molecule has 0 amide bonds. The predicted molar refractivity (Wildman–Crippen MR) is 54.9 cm³/mol. The summed E-state index contributed by atoms with van der Waals surface area (Å²) in [6.45, 7) is 0. The van der Waals surface area contributed by atoms with Crippen molar-refractivity contribution in [1.29, 1.82) is 0 Å². The summed E-state index contributed by atoms with van der Waals surface area (Å²) < 4.78 is 161. The minimum absolute atomic E-state index is 0. The first kappa shape index (κ1) is 27.4. The molecule has 0 aliphatic heterocycles. The van der Waals surface area contributed by atoms with Gasteiger partial charge < -0.3 is 10.2 Å². The zero-order chi connectivity index (χ0) is 20.2. The molecule has 0 rings (SSSR count). The Morgan fingerprint density at radius 2 is 0.760 bits per heavy atom. The predicted octanol–water partition coefficient (Wildman–Crippen LogP) is -3.06. The van der Waals surface area contributed by atoms with Crippen molar-refractivity contribution in [1.82, 2.24) is 0 Å². The third-order valence-electron chi connectivity index (χ3n) is 2.42. The largest absolute Gasteiger partial charge is 1.00 e. The molecule has 25 heavy (non-hydrogen) atoms. The van der Waals surface area contributed by atoms with E-state index in [0.717, 1.165) is 0 Å². The number of alkyl halides is 8. The monoisotopic (exact) mass is 445 g/mol. The number of hydrogen-bond acceptors (Lipinski definition) is 6. The number of aliphatic hydroxyl groups is 2. The van der Waals surface area contributed by atoms with Crippen LogP contribution < -0.4 is 29.6 Å². The quantitative estimate of drug-likeness (QED) is 0.184. The van der Waals surface area contributed by atoms with E-state index in [9.17, 15) is 52.0 Å². The van der Waals surface area contributed by atoms with Crippen molar-refractivity contribution in [2.75, 3.05) is 0 Å². The van der Waals surface area contributed by atoms with E-state index in [1.165, 1.54) is 0 Å². The Bertz CT molecular complexity index is 631. The van der Waals surface area contributed by atoms with Crippen LogP contribution in [0, 0.1) is 0 Å². The van der Waals surface area contributed by atoms with Gasteiger partial charge in [-0.1, -0.05) is 0 Å². The Morgan fingerprint density at radius 1 is 0.600 bits per heavy atom. The number of hydrogen-bond donors (Lipinski definition) is 4. The van der Waals surface area contributed by atoms with Crippen molar-refractivity contribution in [2.45, 2.75) is 34.6 Å². The smallest absolute Gasteiger partial charge is 0.370 e. The molecule has 8 nitrogen and oxygen atoms in total. The van der Waals surface area contributed by atoms with Crippen LogP contribution in [-0.4, -0.2) is 70.7 Å². The molecule has 0 aromatic rings. The first-order chi connectivity index (χ1) is 10.1. The van der Waals surface area contributed by atoms with Gasteiger partial charge in [-0.15, -0.1) is 0 Å². The van der Waals surface area contributed by atoms with Gasteiger partial charge in [0.25, 0.3) is 31.1 Å². The fourth-order valence-corrected chi connectivity index (χ4v) is 2.15. The van der Waals surface area contributed by atoms with Crippen LogP contribution in [-0.2, 0) is 20.2 Å². The van der Waals surface area contributed by atoms with Gasteiger partial charge in [0.1, 0.15) is 0 Å². The average Bonchev–Trinajstić information content (AvgIpc) is 2.33. The molecule has 2 unspecified atom stereocenters. The van der Waals surface area contributed by atoms with Crippen LogP contribution in [0.3, 0.4) is 0 Å². The normalized spacial score (nSPS) is 17.6. The van der Waals surface area contributed by atoms with Gasteiger partial charge in [0, 0.05) is 0 Å². The molecule has 0 aliphatic rings. The zero-order valence-electron chi connectivity index (χ0n) is 11.4. The third-order valence-corrected chi connectivity index (χ3v) is 4.14. The second-order valence-electron chi connectivity index (χ2n) is 4.13. The van der Waals surface area contributed by atoms with Crippen LogP contribution >= 0.6 is 0 Å². The Labute approximate surface area is 155 Å². The van der Waals surface area contributed by atoms with Gasteiger partial charge in [-0.2, -0.15) is 52.0 Å².